The molecule has 2 rings (SSSR count). The van der Waals surface area contributed by atoms with Gasteiger partial charge in [0.05, 0.1) is 0 Å². The monoisotopic (exact) mass is 230 g/mol. The summed E-state index contributed by atoms with van der Waals surface area (Å²) in [6.07, 6.45) is 4.33. The van der Waals surface area contributed by atoms with Crippen LogP contribution in [-0.2, 0) is 0 Å². The van der Waals surface area contributed by atoms with E-state index in [0.29, 0.717) is 5.56 Å². The lowest BCUT2D eigenvalue weighted by Gasteiger charge is -2.27. The smallest absolute Gasteiger partial charge is 0.265 e. The third-order valence-electron chi connectivity index (χ3n) is 2.98. The van der Waals surface area contributed by atoms with Crippen LogP contribution in [0.4, 0.5) is 0 Å². The summed E-state index contributed by atoms with van der Waals surface area (Å²) in [7, 11) is 0. The lowest BCUT2D eigenvalue weighted by atomic mass is 10.1. The van der Waals surface area contributed by atoms with Crippen molar-refractivity contribution in [1.82, 2.24) is 10.4 Å². The molecule has 1 amide bonds. The Labute approximate surface area is 102 Å². The fraction of sp³-hybridized carbons (Fsp3) is 0.357. The maximum atomic E-state index is 11.9. The first-order chi connectivity index (χ1) is 8.29. The minimum absolute atomic E-state index is 0.0250. The summed E-state index contributed by atoms with van der Waals surface area (Å²) in [5.41, 5.74) is 5.05. The number of carbonyl (C=O) groups is 1. The molecule has 3 nitrogen and oxygen atoms in total. The predicted octanol–water partition coefficient (Wildman–Crippen LogP) is 2.37. The summed E-state index contributed by atoms with van der Waals surface area (Å²) in [6, 6.07) is 9.33. The first-order valence-corrected chi connectivity index (χ1v) is 6.08. The molecule has 1 aromatic rings. The maximum absolute atomic E-state index is 11.9. The van der Waals surface area contributed by atoms with E-state index in [-0.39, 0.29) is 5.91 Å². The fourth-order valence-corrected chi connectivity index (χ4v) is 1.96. The van der Waals surface area contributed by atoms with Gasteiger partial charge in [0.2, 0.25) is 0 Å². The Morgan fingerprint density at radius 2 is 2.12 bits per heavy atom. The molecule has 0 saturated carbocycles. The zero-order valence-corrected chi connectivity index (χ0v) is 10.1. The van der Waals surface area contributed by atoms with Crippen LogP contribution in [0.2, 0.25) is 0 Å². The molecule has 17 heavy (non-hydrogen) atoms. The molecule has 1 aromatic carbocycles. The van der Waals surface area contributed by atoms with Crippen LogP contribution in [0.15, 0.2) is 42.0 Å². The minimum atomic E-state index is -0.0250. The first-order valence-electron chi connectivity index (χ1n) is 6.08. The van der Waals surface area contributed by atoms with Gasteiger partial charge in [0.1, 0.15) is 0 Å². The van der Waals surface area contributed by atoms with E-state index in [9.17, 15) is 4.79 Å². The summed E-state index contributed by atoms with van der Waals surface area (Å²) in [4.78, 5) is 11.9. The Hall–Kier alpha value is -1.61. The quantitative estimate of drug-likeness (QED) is 0.808. The van der Waals surface area contributed by atoms with E-state index < -0.39 is 0 Å². The predicted molar refractivity (Wildman–Crippen MR) is 68.5 cm³/mol. The number of rotatable bonds is 3. The summed E-state index contributed by atoms with van der Waals surface area (Å²) in [5.74, 6) is -0.0250. The molecule has 3 heteroatoms. The molecule has 0 unspecified atom stereocenters. The Balaban J connectivity index is 1.94. The van der Waals surface area contributed by atoms with Crippen molar-refractivity contribution in [1.29, 1.82) is 0 Å². The van der Waals surface area contributed by atoms with E-state index >= 15 is 0 Å². The van der Waals surface area contributed by atoms with Crippen LogP contribution < -0.4 is 5.43 Å². The van der Waals surface area contributed by atoms with Crippen LogP contribution in [0.25, 0.3) is 0 Å². The number of hydrazine groups is 1. The van der Waals surface area contributed by atoms with E-state index in [0.717, 1.165) is 25.9 Å². The molecule has 0 bridgehead atoms. The average molecular weight is 230 g/mol. The standard InChI is InChI=1S/C14H18N2O/c1-2-12-7-6-10-16(11-12)15-14(17)13-8-4-3-5-9-13/h3-5,7-9H,2,6,10-11H2,1H3,(H,15,17). The van der Waals surface area contributed by atoms with E-state index in [1.807, 2.05) is 35.3 Å². The van der Waals surface area contributed by atoms with Crippen LogP contribution in [0.5, 0.6) is 0 Å². The van der Waals surface area contributed by atoms with Crippen LogP contribution in [0.3, 0.4) is 0 Å². The third-order valence-corrected chi connectivity index (χ3v) is 2.98. The molecular weight excluding hydrogens is 212 g/mol. The summed E-state index contributed by atoms with van der Waals surface area (Å²) in [5, 5.41) is 1.99. The highest BCUT2D eigenvalue weighted by Crippen LogP contribution is 2.11. The average Bonchev–Trinajstić information content (AvgIpc) is 2.40. The molecule has 0 spiro atoms. The number of carbonyl (C=O) groups excluding carboxylic acids is 1. The molecule has 1 heterocycles. The van der Waals surface area contributed by atoms with Crippen LogP contribution in [0, 0.1) is 0 Å². The number of amides is 1. The van der Waals surface area contributed by atoms with Gasteiger partial charge in [-0.15, -0.1) is 0 Å². The van der Waals surface area contributed by atoms with Gasteiger partial charge in [-0.1, -0.05) is 36.8 Å². The van der Waals surface area contributed by atoms with Crippen LogP contribution in [0.1, 0.15) is 30.1 Å². The molecule has 0 saturated heterocycles. The summed E-state index contributed by atoms with van der Waals surface area (Å²) >= 11 is 0. The zero-order chi connectivity index (χ0) is 12.1. The van der Waals surface area contributed by atoms with Gasteiger partial charge in [-0.05, 0) is 25.0 Å². The molecule has 0 atom stereocenters. The highest BCUT2D eigenvalue weighted by Gasteiger charge is 2.14. The van der Waals surface area contributed by atoms with Crippen molar-refractivity contribution in [2.24, 2.45) is 0 Å². The van der Waals surface area contributed by atoms with Crippen molar-refractivity contribution in [3.63, 3.8) is 0 Å². The van der Waals surface area contributed by atoms with Gasteiger partial charge < -0.3 is 0 Å². The first kappa shape index (κ1) is 11.9. The highest BCUT2D eigenvalue weighted by atomic mass is 16.2. The molecule has 0 fully saturated rings. The zero-order valence-electron chi connectivity index (χ0n) is 10.1. The SMILES string of the molecule is CCC1=CCCN(NC(=O)c2ccccc2)C1. The summed E-state index contributed by atoms with van der Waals surface area (Å²) < 4.78 is 0. The molecule has 0 radical (unpaired) electrons. The maximum Gasteiger partial charge on any atom is 0.265 e. The lowest BCUT2D eigenvalue weighted by molar-refractivity contribution is 0.0798. The molecule has 0 aliphatic carbocycles. The molecular formula is C14H18N2O. The van der Waals surface area contributed by atoms with Crippen molar-refractivity contribution in [2.45, 2.75) is 19.8 Å². The van der Waals surface area contributed by atoms with Gasteiger partial charge in [-0.3, -0.25) is 10.2 Å². The Morgan fingerprint density at radius 3 is 2.82 bits per heavy atom. The molecule has 0 aromatic heterocycles. The Kier molecular flexibility index (Phi) is 3.94. The van der Waals surface area contributed by atoms with Gasteiger partial charge in [-0.2, -0.15) is 0 Å². The van der Waals surface area contributed by atoms with E-state index in [1.54, 1.807) is 0 Å². The number of nitrogens with one attached hydrogen (secondary N) is 1. The van der Waals surface area contributed by atoms with E-state index in [2.05, 4.69) is 18.4 Å². The number of hydrogen-bond donors (Lipinski definition) is 1. The highest BCUT2D eigenvalue weighted by molar-refractivity contribution is 5.93. The van der Waals surface area contributed by atoms with Gasteiger partial charge in [-0.25, -0.2) is 5.01 Å². The third kappa shape index (κ3) is 3.17. The molecule has 1 N–H and O–H groups in total. The van der Waals surface area contributed by atoms with Crippen LogP contribution in [-0.4, -0.2) is 24.0 Å². The second-order valence-electron chi connectivity index (χ2n) is 4.23. The number of benzene rings is 1. The second-order valence-corrected chi connectivity index (χ2v) is 4.23. The van der Waals surface area contributed by atoms with Gasteiger partial charge >= 0.3 is 0 Å². The Bertz CT molecular complexity index is 411. The second kappa shape index (κ2) is 5.64. The lowest BCUT2D eigenvalue weighted by Crippen LogP contribution is -2.45. The number of nitrogens with zero attached hydrogens (tertiary/aromatic N) is 1. The van der Waals surface area contributed by atoms with Gasteiger partial charge in [0.15, 0.2) is 0 Å². The number of hydrogen-bond acceptors (Lipinski definition) is 2. The largest absolute Gasteiger partial charge is 0.284 e. The van der Waals surface area contributed by atoms with E-state index in [4.69, 9.17) is 0 Å². The van der Waals surface area contributed by atoms with Gasteiger partial charge in [0.25, 0.3) is 5.91 Å². The van der Waals surface area contributed by atoms with Crippen molar-refractivity contribution < 1.29 is 4.79 Å². The van der Waals surface area contributed by atoms with Crippen molar-refractivity contribution in [3.8, 4) is 0 Å². The van der Waals surface area contributed by atoms with Crippen molar-refractivity contribution >= 4 is 5.91 Å². The molecule has 1 aliphatic heterocycles. The van der Waals surface area contributed by atoms with E-state index in [1.165, 1.54) is 5.57 Å². The molecule has 1 aliphatic rings. The normalized spacial score (nSPS) is 16.4. The van der Waals surface area contributed by atoms with Gasteiger partial charge in [0, 0.05) is 18.7 Å². The topological polar surface area (TPSA) is 32.3 Å². The van der Waals surface area contributed by atoms with Crippen LogP contribution >= 0.6 is 0 Å². The van der Waals surface area contributed by atoms with Crippen molar-refractivity contribution in [3.05, 3.63) is 47.5 Å². The fourth-order valence-electron chi connectivity index (χ4n) is 1.96. The summed E-state index contributed by atoms with van der Waals surface area (Å²) in [6.45, 7) is 3.88. The Morgan fingerprint density at radius 1 is 1.35 bits per heavy atom. The minimum Gasteiger partial charge on any atom is -0.284 e. The molecule has 90 valence electrons. The van der Waals surface area contributed by atoms with Crippen molar-refractivity contribution in [2.75, 3.05) is 13.1 Å².